The average Bonchev–Trinajstić information content (AvgIpc) is 2.19. The molecule has 0 aromatic rings. The minimum atomic E-state index is 0.857. The van der Waals surface area contributed by atoms with E-state index in [-0.39, 0.29) is 0 Å². The van der Waals surface area contributed by atoms with Crippen molar-refractivity contribution in [2.75, 3.05) is 0 Å². The van der Waals surface area contributed by atoms with Gasteiger partial charge in [-0.2, -0.15) is 0 Å². The van der Waals surface area contributed by atoms with Crippen molar-refractivity contribution in [1.29, 1.82) is 0 Å². The molecule has 0 bridgehead atoms. The zero-order chi connectivity index (χ0) is 10.7. The monoisotopic (exact) mass is 209 g/mol. The molecule has 2 aliphatic rings. The van der Waals surface area contributed by atoms with Crippen LogP contribution >= 0.6 is 0 Å². The van der Waals surface area contributed by atoms with E-state index in [4.69, 9.17) is 0 Å². The van der Waals surface area contributed by atoms with Crippen LogP contribution in [0.15, 0.2) is 0 Å². The normalized spacial score (nSPS) is 41.2. The fourth-order valence-electron chi connectivity index (χ4n) is 3.40. The van der Waals surface area contributed by atoms with Crippen LogP contribution in [-0.4, -0.2) is 12.1 Å². The number of hydrogen-bond acceptors (Lipinski definition) is 1. The van der Waals surface area contributed by atoms with Gasteiger partial charge in [0, 0.05) is 12.1 Å². The van der Waals surface area contributed by atoms with Gasteiger partial charge >= 0.3 is 0 Å². The summed E-state index contributed by atoms with van der Waals surface area (Å²) < 4.78 is 0. The van der Waals surface area contributed by atoms with E-state index in [1.54, 1.807) is 0 Å². The first-order valence-electron chi connectivity index (χ1n) is 7.04. The van der Waals surface area contributed by atoms with Crippen molar-refractivity contribution in [1.82, 2.24) is 5.32 Å². The second-order valence-electron chi connectivity index (χ2n) is 5.95. The summed E-state index contributed by atoms with van der Waals surface area (Å²) in [5, 5.41) is 3.85. The lowest BCUT2D eigenvalue weighted by Crippen LogP contribution is -2.46. The summed E-state index contributed by atoms with van der Waals surface area (Å²) in [5.41, 5.74) is 0. The standard InChI is InChI=1S/C14H27N/c1-3-4-12-5-7-13(8-6-12)15-14-9-11(2)10-14/h11-15H,3-10H2,1-2H3. The molecule has 0 atom stereocenters. The Bertz CT molecular complexity index is 176. The topological polar surface area (TPSA) is 12.0 Å². The van der Waals surface area contributed by atoms with Crippen LogP contribution in [0, 0.1) is 11.8 Å². The highest BCUT2D eigenvalue weighted by Gasteiger charge is 2.28. The molecular weight excluding hydrogens is 182 g/mol. The Morgan fingerprint density at radius 1 is 1.00 bits per heavy atom. The number of nitrogens with one attached hydrogen (secondary N) is 1. The summed E-state index contributed by atoms with van der Waals surface area (Å²) in [6.45, 7) is 4.69. The van der Waals surface area contributed by atoms with Crippen LogP contribution in [0.3, 0.4) is 0 Å². The van der Waals surface area contributed by atoms with Gasteiger partial charge in [-0.25, -0.2) is 0 Å². The van der Waals surface area contributed by atoms with E-state index in [0.717, 1.165) is 23.9 Å². The molecule has 0 heterocycles. The third kappa shape index (κ3) is 3.21. The summed E-state index contributed by atoms with van der Waals surface area (Å²) in [5.74, 6) is 2.03. The van der Waals surface area contributed by atoms with Gasteiger partial charge < -0.3 is 5.32 Å². The molecule has 0 aliphatic heterocycles. The molecule has 2 saturated carbocycles. The Labute approximate surface area is 95.0 Å². The van der Waals surface area contributed by atoms with Gasteiger partial charge in [-0.15, -0.1) is 0 Å². The van der Waals surface area contributed by atoms with E-state index >= 15 is 0 Å². The Kier molecular flexibility index (Phi) is 4.07. The fourth-order valence-corrected chi connectivity index (χ4v) is 3.40. The Morgan fingerprint density at radius 3 is 2.20 bits per heavy atom. The van der Waals surface area contributed by atoms with Gasteiger partial charge in [0.05, 0.1) is 0 Å². The lowest BCUT2D eigenvalue weighted by atomic mass is 9.79. The molecule has 0 amide bonds. The smallest absolute Gasteiger partial charge is 0.00747 e. The molecular formula is C14H27N. The lowest BCUT2D eigenvalue weighted by Gasteiger charge is -2.39. The highest BCUT2D eigenvalue weighted by atomic mass is 15.0. The van der Waals surface area contributed by atoms with Gasteiger partial charge in [0.1, 0.15) is 0 Å². The number of rotatable bonds is 4. The van der Waals surface area contributed by atoms with Gasteiger partial charge in [-0.1, -0.05) is 26.7 Å². The number of hydrogen-bond donors (Lipinski definition) is 1. The Morgan fingerprint density at radius 2 is 1.67 bits per heavy atom. The van der Waals surface area contributed by atoms with Crippen LogP contribution in [0.25, 0.3) is 0 Å². The quantitative estimate of drug-likeness (QED) is 0.744. The minimum absolute atomic E-state index is 0.857. The van der Waals surface area contributed by atoms with Crippen molar-refractivity contribution >= 4 is 0 Å². The molecule has 0 aromatic heterocycles. The predicted octanol–water partition coefficient (Wildman–Crippen LogP) is 3.73. The molecule has 15 heavy (non-hydrogen) atoms. The van der Waals surface area contributed by atoms with Crippen molar-refractivity contribution in [3.8, 4) is 0 Å². The van der Waals surface area contributed by atoms with E-state index < -0.39 is 0 Å². The summed E-state index contributed by atoms with van der Waals surface area (Å²) in [6.07, 6.45) is 11.5. The second kappa shape index (κ2) is 5.34. The molecule has 1 heteroatoms. The van der Waals surface area contributed by atoms with E-state index in [1.807, 2.05) is 0 Å². The molecule has 2 rings (SSSR count). The van der Waals surface area contributed by atoms with Crippen molar-refractivity contribution in [2.45, 2.75) is 77.3 Å². The van der Waals surface area contributed by atoms with Crippen molar-refractivity contribution in [3.63, 3.8) is 0 Å². The highest BCUT2D eigenvalue weighted by molar-refractivity contribution is 4.87. The van der Waals surface area contributed by atoms with Crippen LogP contribution in [0.4, 0.5) is 0 Å². The van der Waals surface area contributed by atoms with E-state index in [1.165, 1.54) is 51.4 Å². The molecule has 1 N–H and O–H groups in total. The van der Waals surface area contributed by atoms with E-state index in [0.29, 0.717) is 0 Å². The van der Waals surface area contributed by atoms with Crippen LogP contribution in [0.5, 0.6) is 0 Å². The molecule has 0 saturated heterocycles. The lowest BCUT2D eigenvalue weighted by molar-refractivity contribution is 0.188. The first-order valence-corrected chi connectivity index (χ1v) is 7.04. The third-order valence-corrected chi connectivity index (χ3v) is 4.39. The molecule has 0 radical (unpaired) electrons. The highest BCUT2D eigenvalue weighted by Crippen LogP contribution is 2.31. The first kappa shape index (κ1) is 11.4. The molecule has 88 valence electrons. The summed E-state index contributed by atoms with van der Waals surface area (Å²) in [6, 6.07) is 1.73. The zero-order valence-corrected chi connectivity index (χ0v) is 10.5. The van der Waals surface area contributed by atoms with Crippen LogP contribution in [0.1, 0.15) is 65.2 Å². The maximum absolute atomic E-state index is 3.85. The van der Waals surface area contributed by atoms with Gasteiger partial charge in [0.15, 0.2) is 0 Å². The summed E-state index contributed by atoms with van der Waals surface area (Å²) in [7, 11) is 0. The zero-order valence-electron chi connectivity index (χ0n) is 10.5. The molecule has 0 unspecified atom stereocenters. The van der Waals surface area contributed by atoms with Gasteiger partial charge in [-0.3, -0.25) is 0 Å². The van der Waals surface area contributed by atoms with Gasteiger partial charge in [0.2, 0.25) is 0 Å². The second-order valence-corrected chi connectivity index (χ2v) is 5.95. The first-order chi connectivity index (χ1) is 7.28. The van der Waals surface area contributed by atoms with Crippen molar-refractivity contribution in [3.05, 3.63) is 0 Å². The SMILES string of the molecule is CCCC1CCC(NC2CC(C)C2)CC1. The van der Waals surface area contributed by atoms with Crippen LogP contribution in [0.2, 0.25) is 0 Å². The van der Waals surface area contributed by atoms with Crippen LogP contribution in [-0.2, 0) is 0 Å². The van der Waals surface area contributed by atoms with Crippen LogP contribution < -0.4 is 5.32 Å². The molecule has 2 aliphatic carbocycles. The largest absolute Gasteiger partial charge is 0.311 e. The van der Waals surface area contributed by atoms with Gasteiger partial charge in [-0.05, 0) is 50.4 Å². The third-order valence-electron chi connectivity index (χ3n) is 4.39. The van der Waals surface area contributed by atoms with E-state index in [9.17, 15) is 0 Å². The summed E-state index contributed by atoms with van der Waals surface area (Å²) >= 11 is 0. The minimum Gasteiger partial charge on any atom is -0.311 e. The Hall–Kier alpha value is -0.0400. The Balaban J connectivity index is 1.61. The molecule has 0 aromatic carbocycles. The fraction of sp³-hybridized carbons (Fsp3) is 1.00. The maximum atomic E-state index is 3.85. The molecule has 0 spiro atoms. The maximum Gasteiger partial charge on any atom is 0.00747 e. The molecule has 1 nitrogen and oxygen atoms in total. The van der Waals surface area contributed by atoms with Gasteiger partial charge in [0.25, 0.3) is 0 Å². The van der Waals surface area contributed by atoms with Crippen molar-refractivity contribution in [2.24, 2.45) is 11.8 Å². The average molecular weight is 209 g/mol. The molecule has 2 fully saturated rings. The predicted molar refractivity (Wildman–Crippen MR) is 66.0 cm³/mol. The van der Waals surface area contributed by atoms with Crippen molar-refractivity contribution < 1.29 is 0 Å². The van der Waals surface area contributed by atoms with E-state index in [2.05, 4.69) is 19.2 Å². The summed E-state index contributed by atoms with van der Waals surface area (Å²) in [4.78, 5) is 0.